The van der Waals surface area contributed by atoms with Gasteiger partial charge in [-0.25, -0.2) is 19.9 Å². The van der Waals surface area contributed by atoms with Crippen LogP contribution in [0.5, 0.6) is 0 Å². The molecule has 4 amide bonds. The molecule has 20 heteroatoms. The number of thioether (sulfide) groups is 1. The Morgan fingerprint density at radius 1 is 0.336 bits per heavy atom. The van der Waals surface area contributed by atoms with Gasteiger partial charge in [-0.3, -0.25) is 19.2 Å². The summed E-state index contributed by atoms with van der Waals surface area (Å²) in [5.41, 5.74) is 8.52. The SMILES string of the molecule is CC.CC.CC.CC.CC.CC.CC.CC.CC(c1ccccc1)N(C)C.CNC(C)c1ccccc1.COC(C)c1ccccc1.CSC(C)c1ccccc1.O=C(Nc1nccs1)C1(c2ccccc2)CC1.O=C(Nc1nccs1)C1(c2ccccc2)CC1.O=C(Nc1nccs1)C1(c2ccccc2)CC1.O=C(Nc1nccs1)C1(c2ccccc2)CC1. The van der Waals surface area contributed by atoms with Crippen LogP contribution >= 0.6 is 57.1 Å². The molecule has 5 N–H and O–H groups in total. The van der Waals surface area contributed by atoms with Gasteiger partial charge in [0.2, 0.25) is 23.6 Å². The Labute approximate surface area is 773 Å². The number of carbonyl (C=O) groups excluding carboxylic acids is 4. The molecule has 0 aliphatic heterocycles. The smallest absolute Gasteiger partial charge is 0.236 e. The second-order valence-corrected chi connectivity index (χ2v) is 31.8. The van der Waals surface area contributed by atoms with E-state index in [9.17, 15) is 19.2 Å². The molecule has 16 rings (SSSR count). The molecule has 0 saturated heterocycles. The molecule has 0 radical (unpaired) electrons. The summed E-state index contributed by atoms with van der Waals surface area (Å²) < 4.78 is 5.14. The van der Waals surface area contributed by atoms with Gasteiger partial charge in [-0.15, -0.1) is 45.3 Å². The van der Waals surface area contributed by atoms with E-state index in [0.717, 1.165) is 73.6 Å². The topological polar surface area (TPSA) is 192 Å². The molecule has 125 heavy (non-hydrogen) atoms. The van der Waals surface area contributed by atoms with Gasteiger partial charge in [-0.1, -0.05) is 353 Å². The molecular weight excluding hydrogens is 1640 g/mol. The lowest BCUT2D eigenvalue weighted by molar-refractivity contribution is -0.119. The molecule has 4 heterocycles. The number of thiazole rings is 4. The summed E-state index contributed by atoms with van der Waals surface area (Å²) in [5.74, 6) is 0.273. The summed E-state index contributed by atoms with van der Waals surface area (Å²) in [6.45, 7) is 40.6. The van der Waals surface area contributed by atoms with Crippen molar-refractivity contribution in [2.75, 3.05) is 55.8 Å². The summed E-state index contributed by atoms with van der Waals surface area (Å²) in [6, 6.07) is 82.5. The van der Waals surface area contributed by atoms with Crippen LogP contribution in [0.15, 0.2) is 289 Å². The maximum atomic E-state index is 12.3. The Kier molecular flexibility index (Phi) is 60.6. The predicted molar refractivity (Wildman–Crippen MR) is 546 cm³/mol. The number of hydrogen-bond donors (Lipinski definition) is 5. The molecular formula is C105H148N10O5S5. The summed E-state index contributed by atoms with van der Waals surface area (Å²) in [6.07, 6.45) is 16.5. The normalized spacial score (nSPS) is 13.6. The number of nitrogens with one attached hydrogen (secondary N) is 5. The summed E-state index contributed by atoms with van der Waals surface area (Å²) >= 11 is 7.67. The minimum Gasteiger partial charge on any atom is -0.377 e. The first-order valence-corrected chi connectivity index (χ1v) is 49.5. The zero-order chi connectivity index (χ0) is 93.3. The molecule has 678 valence electrons. The second kappa shape index (κ2) is 66.8. The minimum atomic E-state index is -0.313. The van der Waals surface area contributed by atoms with Gasteiger partial charge in [0.25, 0.3) is 0 Å². The van der Waals surface area contributed by atoms with E-state index < -0.39 is 0 Å². The van der Waals surface area contributed by atoms with E-state index in [-0.39, 0.29) is 51.4 Å². The van der Waals surface area contributed by atoms with Gasteiger partial charge in [0.1, 0.15) is 0 Å². The fourth-order valence-electron chi connectivity index (χ4n) is 11.8. The molecule has 4 atom stereocenters. The lowest BCUT2D eigenvalue weighted by Gasteiger charge is -2.19. The molecule has 4 aromatic heterocycles. The lowest BCUT2D eigenvalue weighted by atomic mass is 9.95. The van der Waals surface area contributed by atoms with E-state index in [1.165, 1.54) is 67.6 Å². The highest BCUT2D eigenvalue weighted by molar-refractivity contribution is 7.98. The number of aromatic nitrogens is 4. The van der Waals surface area contributed by atoms with Gasteiger partial charge in [-0.2, -0.15) is 11.8 Å². The average Bonchev–Trinajstić information content (AvgIpc) is 1.62. The van der Waals surface area contributed by atoms with Crippen molar-refractivity contribution in [1.29, 1.82) is 0 Å². The number of anilines is 4. The molecule has 4 saturated carbocycles. The lowest BCUT2D eigenvalue weighted by Crippen LogP contribution is -2.27. The number of ether oxygens (including phenoxy) is 1. The molecule has 4 fully saturated rings. The van der Waals surface area contributed by atoms with Crippen LogP contribution in [0.1, 0.15) is 258 Å². The average molecular weight is 1790 g/mol. The van der Waals surface area contributed by atoms with Crippen LogP contribution in [0.3, 0.4) is 0 Å². The maximum absolute atomic E-state index is 12.3. The van der Waals surface area contributed by atoms with Crippen molar-refractivity contribution < 1.29 is 23.9 Å². The van der Waals surface area contributed by atoms with E-state index in [4.69, 9.17) is 4.74 Å². The number of nitrogens with zero attached hydrogens (tertiary/aromatic N) is 5. The first-order valence-electron chi connectivity index (χ1n) is 44.6. The summed E-state index contributed by atoms with van der Waals surface area (Å²) in [5, 5.41) is 25.5. The van der Waals surface area contributed by atoms with Crippen molar-refractivity contribution in [3.05, 3.63) is 333 Å². The quantitative estimate of drug-likeness (QED) is 0.0486. The van der Waals surface area contributed by atoms with Crippen LogP contribution < -0.4 is 26.6 Å². The van der Waals surface area contributed by atoms with E-state index in [2.05, 4.69) is 184 Å². The molecule has 15 nitrogen and oxygen atoms in total. The van der Waals surface area contributed by atoms with Crippen molar-refractivity contribution in [3.8, 4) is 0 Å². The van der Waals surface area contributed by atoms with Gasteiger partial charge in [0, 0.05) is 70.8 Å². The fraction of sp³-hybridized carbons (Fsp3) is 0.390. The van der Waals surface area contributed by atoms with E-state index in [1.807, 2.05) is 310 Å². The Hall–Kier alpha value is -9.61. The molecule has 0 bridgehead atoms. The molecule has 8 aromatic carbocycles. The molecule has 4 aliphatic rings. The number of methoxy groups -OCH3 is 1. The number of carbonyl (C=O) groups is 4. The number of rotatable bonds is 20. The maximum Gasteiger partial charge on any atom is 0.236 e. The monoisotopic (exact) mass is 1790 g/mol. The minimum absolute atomic E-state index is 0.0682. The van der Waals surface area contributed by atoms with Gasteiger partial charge in [-0.05, 0) is 151 Å². The van der Waals surface area contributed by atoms with E-state index >= 15 is 0 Å². The van der Waals surface area contributed by atoms with Crippen LogP contribution in [0.25, 0.3) is 0 Å². The third kappa shape index (κ3) is 39.0. The van der Waals surface area contributed by atoms with Crippen LogP contribution in [0.2, 0.25) is 0 Å². The molecule has 4 unspecified atom stereocenters. The number of hydrogen-bond acceptors (Lipinski definition) is 16. The summed E-state index contributed by atoms with van der Waals surface area (Å²) in [4.78, 5) is 67.5. The van der Waals surface area contributed by atoms with Gasteiger partial charge in [0.15, 0.2) is 20.5 Å². The van der Waals surface area contributed by atoms with Crippen molar-refractivity contribution in [1.82, 2.24) is 30.2 Å². The van der Waals surface area contributed by atoms with Crippen LogP contribution in [0.4, 0.5) is 20.5 Å². The predicted octanol–water partition coefficient (Wildman–Crippen LogP) is 29.2. The Bertz CT molecular complexity index is 4020. The van der Waals surface area contributed by atoms with Gasteiger partial charge >= 0.3 is 0 Å². The van der Waals surface area contributed by atoms with Crippen LogP contribution in [-0.2, 0) is 45.6 Å². The fourth-order valence-corrected chi connectivity index (χ4v) is 14.3. The second-order valence-electron chi connectivity index (χ2n) is 27.0. The highest BCUT2D eigenvalue weighted by Crippen LogP contribution is 2.52. The first kappa shape index (κ1) is 113. The Balaban J connectivity index is 0.000000704. The molecule has 12 aromatic rings. The molecule has 0 spiro atoms. The van der Waals surface area contributed by atoms with Crippen molar-refractivity contribution >= 4 is 101 Å². The van der Waals surface area contributed by atoms with Crippen LogP contribution in [0, 0.1) is 0 Å². The van der Waals surface area contributed by atoms with Crippen molar-refractivity contribution in [3.63, 3.8) is 0 Å². The van der Waals surface area contributed by atoms with Crippen molar-refractivity contribution in [2.24, 2.45) is 0 Å². The number of amides is 4. The van der Waals surface area contributed by atoms with Gasteiger partial charge < -0.3 is 36.2 Å². The van der Waals surface area contributed by atoms with E-state index in [0.29, 0.717) is 37.9 Å². The standard InChI is InChI=1S/4C13H12N2OS.C10H15N.C9H13N.C9H12O.C9H12S.8C2H6/c4*16-11(15-12-14-8-9-17-12)13(6-7-13)10-4-2-1-3-5-10;1-9(11(2)3)10-7-5-4-6-8-10;3*1-8(10-2)9-6-4-3-5-7-9;8*1-2/h4*1-5,8-9H,6-7H2,(H,14,15,16);4-9H,1-3H3;3-8,10H,1-2H3;2*3-8H,1-2H3;8*1-2H3. The Morgan fingerprint density at radius 3 is 0.728 bits per heavy atom. The van der Waals surface area contributed by atoms with Crippen molar-refractivity contribution in [2.45, 2.75) is 235 Å². The van der Waals surface area contributed by atoms with Gasteiger partial charge in [0.05, 0.1) is 27.8 Å². The Morgan fingerprint density at radius 2 is 0.544 bits per heavy atom. The third-order valence-electron chi connectivity index (χ3n) is 19.7. The highest BCUT2D eigenvalue weighted by Gasteiger charge is 2.54. The largest absolute Gasteiger partial charge is 0.377 e. The zero-order valence-electron chi connectivity index (χ0n) is 79.5. The summed E-state index contributed by atoms with van der Waals surface area (Å²) in [7, 11) is 7.88. The highest BCUT2D eigenvalue weighted by atomic mass is 32.2. The number of benzene rings is 8. The first-order chi connectivity index (χ1) is 61.0. The van der Waals surface area contributed by atoms with E-state index in [1.54, 1.807) is 31.9 Å². The molecule has 4 aliphatic carbocycles. The third-order valence-corrected chi connectivity index (χ3v) is 23.4. The van der Waals surface area contributed by atoms with Crippen LogP contribution in [-0.4, -0.2) is 83.0 Å². The zero-order valence-corrected chi connectivity index (χ0v) is 83.6.